The molecule has 3 heterocycles. The highest BCUT2D eigenvalue weighted by Gasteiger charge is 2.16. The fourth-order valence-electron chi connectivity index (χ4n) is 3.25. The lowest BCUT2D eigenvalue weighted by Crippen LogP contribution is -2.45. The predicted octanol–water partition coefficient (Wildman–Crippen LogP) is 1.12. The Morgan fingerprint density at radius 2 is 1.68 bits per heavy atom. The highest BCUT2D eigenvalue weighted by molar-refractivity contribution is 5.28. The topological polar surface area (TPSA) is 89.3 Å². The van der Waals surface area contributed by atoms with Crippen molar-refractivity contribution in [1.82, 2.24) is 29.6 Å². The minimum atomic E-state index is -0.372. The second-order valence-corrected chi connectivity index (χ2v) is 7.22. The molecule has 1 saturated heterocycles. The van der Waals surface area contributed by atoms with Crippen LogP contribution < -0.4 is 15.3 Å². The number of ether oxygens (including phenoxy) is 1. The van der Waals surface area contributed by atoms with E-state index in [1.165, 1.54) is 30.1 Å². The van der Waals surface area contributed by atoms with Gasteiger partial charge in [0, 0.05) is 45.6 Å². The summed E-state index contributed by atoms with van der Waals surface area (Å²) < 4.78 is 6.79. The van der Waals surface area contributed by atoms with Crippen LogP contribution in [0.4, 0.5) is 5.95 Å². The van der Waals surface area contributed by atoms with Gasteiger partial charge in [-0.25, -0.2) is 19.4 Å². The van der Waals surface area contributed by atoms with E-state index >= 15 is 0 Å². The van der Waals surface area contributed by atoms with Gasteiger partial charge in [-0.15, -0.1) is 0 Å². The van der Waals surface area contributed by atoms with Gasteiger partial charge in [-0.3, -0.25) is 0 Å². The lowest BCUT2D eigenvalue weighted by atomic mass is 9.98. The van der Waals surface area contributed by atoms with E-state index in [0.29, 0.717) is 5.88 Å². The van der Waals surface area contributed by atoms with Crippen molar-refractivity contribution < 1.29 is 4.74 Å². The van der Waals surface area contributed by atoms with Crippen molar-refractivity contribution in [1.29, 1.82) is 0 Å². The van der Waals surface area contributed by atoms with Crippen molar-refractivity contribution in [2.24, 2.45) is 7.05 Å². The molecule has 0 atom stereocenters. The van der Waals surface area contributed by atoms with Crippen LogP contribution in [0.15, 0.2) is 29.5 Å². The molecule has 0 bridgehead atoms. The first-order chi connectivity index (χ1) is 13.6. The summed E-state index contributed by atoms with van der Waals surface area (Å²) in [5.41, 5.74) is -0.372. The van der Waals surface area contributed by atoms with Crippen molar-refractivity contribution in [3.63, 3.8) is 0 Å². The molecular weight excluding hydrogens is 358 g/mol. The average Bonchev–Trinajstić information content (AvgIpc) is 2.73. The molecule has 0 amide bonds. The zero-order chi connectivity index (χ0) is 19.8. The van der Waals surface area contributed by atoms with E-state index in [0.717, 1.165) is 45.0 Å². The highest BCUT2D eigenvalue weighted by Crippen LogP contribution is 2.21. The second-order valence-electron chi connectivity index (χ2n) is 7.22. The van der Waals surface area contributed by atoms with Crippen LogP contribution in [0.5, 0.6) is 5.88 Å². The summed E-state index contributed by atoms with van der Waals surface area (Å²) in [6.07, 6.45) is 11.1. The minimum absolute atomic E-state index is 0.208. The summed E-state index contributed by atoms with van der Waals surface area (Å²) in [5.74, 6) is 1.21. The van der Waals surface area contributed by atoms with Gasteiger partial charge in [0.1, 0.15) is 12.3 Å². The molecule has 1 aliphatic heterocycles. The molecule has 2 aromatic rings. The average molecular weight is 387 g/mol. The van der Waals surface area contributed by atoms with Crippen LogP contribution in [0, 0.1) is 0 Å². The van der Waals surface area contributed by atoms with E-state index in [9.17, 15) is 4.79 Å². The van der Waals surface area contributed by atoms with E-state index in [1.807, 2.05) is 6.07 Å². The normalized spacial score (nSPS) is 18.3. The van der Waals surface area contributed by atoms with Crippen LogP contribution in [-0.2, 0) is 7.05 Å². The zero-order valence-electron chi connectivity index (χ0n) is 16.7. The van der Waals surface area contributed by atoms with Crippen LogP contribution in [-0.4, -0.2) is 69.0 Å². The molecule has 2 aromatic heterocycles. The van der Waals surface area contributed by atoms with Crippen LogP contribution in [0.2, 0.25) is 0 Å². The molecule has 152 valence electrons. The molecule has 0 spiro atoms. The minimum Gasteiger partial charge on any atom is -0.473 e. The van der Waals surface area contributed by atoms with E-state index in [1.54, 1.807) is 19.4 Å². The number of aryl methyl sites for hydroxylation is 1. The fourth-order valence-corrected chi connectivity index (χ4v) is 3.25. The molecule has 0 aromatic carbocycles. The fraction of sp³-hybridized carbons (Fsp3) is 0.632. The molecule has 2 fully saturated rings. The number of piperazine rings is 1. The van der Waals surface area contributed by atoms with Gasteiger partial charge in [-0.1, -0.05) is 6.42 Å². The zero-order valence-corrected chi connectivity index (χ0v) is 16.7. The van der Waals surface area contributed by atoms with E-state index in [4.69, 9.17) is 4.74 Å². The standard InChI is InChI=1S/C10H15N3O2.C9H14N4/c1-13-10(14)12-9(7-11-13)15-8-5-3-2-4-6-8;1-12-5-7-13(8-6-12)9-10-3-2-4-11-9/h7-8H,2-6H2,1H3;2-4H,5-8H2,1H3. The summed E-state index contributed by atoms with van der Waals surface area (Å²) in [6, 6.07) is 1.85. The molecule has 1 saturated carbocycles. The molecule has 2 aliphatic rings. The monoisotopic (exact) mass is 387 g/mol. The third kappa shape index (κ3) is 5.98. The summed E-state index contributed by atoms with van der Waals surface area (Å²) in [6.45, 7) is 4.25. The van der Waals surface area contributed by atoms with Crippen LogP contribution >= 0.6 is 0 Å². The van der Waals surface area contributed by atoms with E-state index in [2.05, 4.69) is 36.9 Å². The number of likely N-dealkylation sites (N-methyl/N-ethyl adjacent to an activating group) is 1. The summed E-state index contributed by atoms with van der Waals surface area (Å²) in [4.78, 5) is 28.0. The van der Waals surface area contributed by atoms with Gasteiger partial charge in [0.15, 0.2) is 0 Å². The first-order valence-corrected chi connectivity index (χ1v) is 9.89. The third-order valence-electron chi connectivity index (χ3n) is 5.00. The molecular formula is C19H29N7O2. The largest absolute Gasteiger partial charge is 0.473 e. The molecule has 9 heteroatoms. The third-order valence-corrected chi connectivity index (χ3v) is 5.00. The number of hydrogen-bond donors (Lipinski definition) is 0. The first kappa shape index (κ1) is 20.2. The maximum absolute atomic E-state index is 11.2. The molecule has 0 radical (unpaired) electrons. The van der Waals surface area contributed by atoms with Crippen molar-refractivity contribution in [2.45, 2.75) is 38.2 Å². The Bertz CT molecular complexity index is 769. The Balaban J connectivity index is 0.000000162. The summed E-state index contributed by atoms with van der Waals surface area (Å²) >= 11 is 0. The number of nitrogens with zero attached hydrogens (tertiary/aromatic N) is 7. The molecule has 0 unspecified atom stereocenters. The maximum atomic E-state index is 11.2. The van der Waals surface area contributed by atoms with Crippen LogP contribution in [0.1, 0.15) is 32.1 Å². The molecule has 4 rings (SSSR count). The Labute approximate surface area is 165 Å². The van der Waals surface area contributed by atoms with Gasteiger partial charge in [-0.05, 0) is 38.8 Å². The highest BCUT2D eigenvalue weighted by atomic mass is 16.5. The number of aromatic nitrogens is 5. The Hall–Kier alpha value is -2.55. The number of anilines is 1. The van der Waals surface area contributed by atoms with Gasteiger partial charge in [-0.2, -0.15) is 10.1 Å². The predicted molar refractivity (Wildman–Crippen MR) is 107 cm³/mol. The smallest absolute Gasteiger partial charge is 0.367 e. The molecule has 1 aliphatic carbocycles. The lowest BCUT2D eigenvalue weighted by Gasteiger charge is -2.32. The van der Waals surface area contributed by atoms with Gasteiger partial charge in [0.05, 0.1) is 0 Å². The molecule has 28 heavy (non-hydrogen) atoms. The van der Waals surface area contributed by atoms with Gasteiger partial charge in [0.2, 0.25) is 11.8 Å². The lowest BCUT2D eigenvalue weighted by molar-refractivity contribution is 0.146. The van der Waals surface area contributed by atoms with Gasteiger partial charge in [0.25, 0.3) is 0 Å². The molecule has 0 N–H and O–H groups in total. The van der Waals surface area contributed by atoms with Crippen LogP contribution in [0.3, 0.4) is 0 Å². The Morgan fingerprint density at radius 3 is 2.32 bits per heavy atom. The Kier molecular flexibility index (Phi) is 7.30. The quantitative estimate of drug-likeness (QED) is 0.774. The van der Waals surface area contributed by atoms with Crippen molar-refractivity contribution >= 4 is 5.95 Å². The molecule has 9 nitrogen and oxygen atoms in total. The van der Waals surface area contributed by atoms with E-state index < -0.39 is 0 Å². The first-order valence-electron chi connectivity index (χ1n) is 9.89. The van der Waals surface area contributed by atoms with E-state index in [-0.39, 0.29) is 11.8 Å². The number of rotatable bonds is 3. The maximum Gasteiger partial charge on any atom is 0.367 e. The van der Waals surface area contributed by atoms with Gasteiger partial charge < -0.3 is 14.5 Å². The SMILES string of the molecule is CN1CCN(c2ncccn2)CC1.Cn1ncc(OC2CCCCC2)nc1=O. The summed E-state index contributed by atoms with van der Waals surface area (Å²) in [5, 5.41) is 3.86. The van der Waals surface area contributed by atoms with Gasteiger partial charge >= 0.3 is 5.69 Å². The van der Waals surface area contributed by atoms with Crippen LogP contribution in [0.25, 0.3) is 0 Å². The number of hydrogen-bond acceptors (Lipinski definition) is 8. The second kappa shape index (κ2) is 10.1. The Morgan fingerprint density at radius 1 is 1.00 bits per heavy atom. The van der Waals surface area contributed by atoms with Crippen molar-refractivity contribution in [2.75, 3.05) is 38.1 Å². The van der Waals surface area contributed by atoms with Crippen molar-refractivity contribution in [3.8, 4) is 5.88 Å². The summed E-state index contributed by atoms with van der Waals surface area (Å²) in [7, 11) is 3.71. The van der Waals surface area contributed by atoms with Crippen molar-refractivity contribution in [3.05, 3.63) is 35.1 Å².